The van der Waals surface area contributed by atoms with Crippen molar-refractivity contribution < 1.29 is 8.81 Å². The summed E-state index contributed by atoms with van der Waals surface area (Å²) in [4.78, 5) is 4.33. The van der Waals surface area contributed by atoms with E-state index in [4.69, 9.17) is 4.42 Å². The molecule has 3 aromatic rings. The average molecular weight is 318 g/mol. The van der Waals surface area contributed by atoms with Crippen molar-refractivity contribution in [3.63, 3.8) is 0 Å². The highest BCUT2D eigenvalue weighted by Gasteiger charge is 2.18. The summed E-state index contributed by atoms with van der Waals surface area (Å²) in [5.41, 5.74) is 0.729. The number of aromatic nitrogens is 4. The third-order valence-corrected chi connectivity index (χ3v) is 4.18. The molecule has 0 radical (unpaired) electrons. The normalized spacial score (nSPS) is 12.5. The fourth-order valence-corrected chi connectivity index (χ4v) is 2.90. The molecule has 2 aromatic heterocycles. The first kappa shape index (κ1) is 14.8. The summed E-state index contributed by atoms with van der Waals surface area (Å²) in [5, 5.41) is 8.73. The summed E-state index contributed by atoms with van der Waals surface area (Å²) in [6, 6.07) is 6.40. The van der Waals surface area contributed by atoms with Crippen LogP contribution in [0.3, 0.4) is 0 Å². The number of benzene rings is 1. The Morgan fingerprint density at radius 2 is 2.23 bits per heavy atom. The minimum atomic E-state index is -0.278. The first-order valence-electron chi connectivity index (χ1n) is 6.95. The van der Waals surface area contributed by atoms with E-state index in [9.17, 15) is 4.39 Å². The summed E-state index contributed by atoms with van der Waals surface area (Å²) in [7, 11) is 0. The largest absolute Gasteiger partial charge is 0.424 e. The van der Waals surface area contributed by atoms with Gasteiger partial charge in [0, 0.05) is 18.8 Å². The van der Waals surface area contributed by atoms with Gasteiger partial charge in [0.05, 0.1) is 10.9 Å². The summed E-state index contributed by atoms with van der Waals surface area (Å²) in [6.45, 7) is 3.94. The quantitative estimate of drug-likeness (QED) is 0.670. The standard InChI is InChI=1S/C15H15FN4OS/c1-3-13-18-19-14(21-13)10(2)22-15-17-7-8-20(15)12-6-4-5-11(16)9-12/h4-10H,3H2,1-2H3/t10-/m1/s1. The Morgan fingerprint density at radius 1 is 1.36 bits per heavy atom. The highest BCUT2D eigenvalue weighted by Crippen LogP contribution is 2.34. The molecule has 0 fully saturated rings. The van der Waals surface area contributed by atoms with Crippen LogP contribution >= 0.6 is 11.8 Å². The van der Waals surface area contributed by atoms with Gasteiger partial charge >= 0.3 is 0 Å². The number of thioether (sulfide) groups is 1. The van der Waals surface area contributed by atoms with Crippen LogP contribution in [0, 0.1) is 5.82 Å². The van der Waals surface area contributed by atoms with E-state index in [2.05, 4.69) is 15.2 Å². The smallest absolute Gasteiger partial charge is 0.229 e. The Hall–Kier alpha value is -2.15. The average Bonchev–Trinajstić information content (AvgIpc) is 3.16. The third-order valence-electron chi connectivity index (χ3n) is 3.11. The molecule has 1 atom stereocenters. The minimum absolute atomic E-state index is 0.0393. The van der Waals surface area contributed by atoms with Gasteiger partial charge in [-0.15, -0.1) is 10.2 Å². The zero-order valence-corrected chi connectivity index (χ0v) is 13.0. The number of rotatable bonds is 5. The molecule has 1 aromatic carbocycles. The van der Waals surface area contributed by atoms with Crippen LogP contribution in [0.1, 0.15) is 30.9 Å². The van der Waals surface area contributed by atoms with Gasteiger partial charge in [-0.1, -0.05) is 24.8 Å². The van der Waals surface area contributed by atoms with Gasteiger partial charge in [-0.3, -0.25) is 4.57 Å². The lowest BCUT2D eigenvalue weighted by Gasteiger charge is -2.10. The fraction of sp³-hybridized carbons (Fsp3) is 0.267. The maximum absolute atomic E-state index is 13.4. The van der Waals surface area contributed by atoms with Crippen molar-refractivity contribution in [2.75, 3.05) is 0 Å². The van der Waals surface area contributed by atoms with E-state index in [0.717, 1.165) is 10.8 Å². The van der Waals surface area contributed by atoms with Gasteiger partial charge in [-0.05, 0) is 25.1 Å². The predicted molar refractivity (Wildman–Crippen MR) is 81.5 cm³/mol. The number of hydrogen-bond donors (Lipinski definition) is 0. The van der Waals surface area contributed by atoms with Crippen molar-refractivity contribution in [2.24, 2.45) is 0 Å². The molecule has 0 bridgehead atoms. The maximum Gasteiger partial charge on any atom is 0.229 e. The number of halogens is 1. The molecule has 3 rings (SSSR count). The van der Waals surface area contributed by atoms with Crippen LogP contribution in [0.4, 0.5) is 4.39 Å². The lowest BCUT2D eigenvalue weighted by atomic mass is 10.3. The molecule has 0 saturated carbocycles. The molecule has 7 heteroatoms. The number of nitrogens with zero attached hydrogens (tertiary/aromatic N) is 4. The van der Waals surface area contributed by atoms with E-state index in [1.807, 2.05) is 24.5 Å². The Kier molecular flexibility index (Phi) is 4.24. The van der Waals surface area contributed by atoms with Gasteiger partial charge in [0.1, 0.15) is 5.82 Å². The predicted octanol–water partition coefficient (Wildman–Crippen LogP) is 3.81. The van der Waals surface area contributed by atoms with Crippen molar-refractivity contribution in [3.8, 4) is 5.69 Å². The Bertz CT molecular complexity index is 770. The molecule has 5 nitrogen and oxygen atoms in total. The van der Waals surface area contributed by atoms with Crippen LogP contribution < -0.4 is 0 Å². The monoisotopic (exact) mass is 318 g/mol. The maximum atomic E-state index is 13.4. The lowest BCUT2D eigenvalue weighted by Crippen LogP contribution is -1.98. The van der Waals surface area contributed by atoms with Crippen LogP contribution in [0.15, 0.2) is 46.2 Å². The van der Waals surface area contributed by atoms with Gasteiger partial charge in [-0.2, -0.15) is 0 Å². The van der Waals surface area contributed by atoms with E-state index in [1.54, 1.807) is 18.5 Å². The Morgan fingerprint density at radius 3 is 2.95 bits per heavy atom. The number of hydrogen-bond acceptors (Lipinski definition) is 5. The molecular formula is C15H15FN4OS. The Labute approximate surface area is 131 Å². The van der Waals surface area contributed by atoms with E-state index >= 15 is 0 Å². The zero-order chi connectivity index (χ0) is 15.5. The van der Waals surface area contributed by atoms with Crippen molar-refractivity contribution in [2.45, 2.75) is 30.7 Å². The van der Waals surface area contributed by atoms with Crippen LogP contribution in [-0.2, 0) is 6.42 Å². The Balaban J connectivity index is 1.83. The molecule has 0 aliphatic carbocycles. The molecule has 0 unspecified atom stereocenters. The molecule has 114 valence electrons. The lowest BCUT2D eigenvalue weighted by molar-refractivity contribution is 0.456. The molecule has 0 aliphatic heterocycles. The zero-order valence-electron chi connectivity index (χ0n) is 12.2. The number of imidazole rings is 1. The summed E-state index contributed by atoms with van der Waals surface area (Å²) in [6.07, 6.45) is 4.20. The number of aryl methyl sites for hydroxylation is 1. The second kappa shape index (κ2) is 6.31. The van der Waals surface area contributed by atoms with Crippen LogP contribution in [0.25, 0.3) is 5.69 Å². The molecule has 22 heavy (non-hydrogen) atoms. The van der Waals surface area contributed by atoms with Gasteiger partial charge in [-0.25, -0.2) is 9.37 Å². The van der Waals surface area contributed by atoms with Crippen molar-refractivity contribution in [1.29, 1.82) is 0 Å². The molecule has 0 aliphatic rings. The second-order valence-electron chi connectivity index (χ2n) is 4.71. The van der Waals surface area contributed by atoms with Gasteiger partial charge < -0.3 is 4.42 Å². The highest BCUT2D eigenvalue weighted by atomic mass is 32.2. The molecule has 0 N–H and O–H groups in total. The van der Waals surface area contributed by atoms with Gasteiger partial charge in [0.15, 0.2) is 5.16 Å². The first-order chi connectivity index (χ1) is 10.7. The molecular weight excluding hydrogens is 303 g/mol. The van der Waals surface area contributed by atoms with Crippen molar-refractivity contribution in [1.82, 2.24) is 19.7 Å². The summed E-state index contributed by atoms with van der Waals surface area (Å²) in [5.74, 6) is 0.909. The van der Waals surface area contributed by atoms with Crippen LogP contribution in [0.5, 0.6) is 0 Å². The molecule has 2 heterocycles. The van der Waals surface area contributed by atoms with E-state index in [0.29, 0.717) is 18.2 Å². The SMILES string of the molecule is CCc1nnc([C@@H](C)Sc2nccn2-c2cccc(F)c2)o1. The van der Waals surface area contributed by atoms with Gasteiger partial charge in [0.2, 0.25) is 11.8 Å². The van der Waals surface area contributed by atoms with Crippen molar-refractivity contribution >= 4 is 11.8 Å². The van der Waals surface area contributed by atoms with E-state index in [1.165, 1.54) is 23.9 Å². The van der Waals surface area contributed by atoms with E-state index < -0.39 is 0 Å². The summed E-state index contributed by atoms with van der Waals surface area (Å²) >= 11 is 1.49. The highest BCUT2D eigenvalue weighted by molar-refractivity contribution is 7.99. The topological polar surface area (TPSA) is 56.7 Å². The van der Waals surface area contributed by atoms with Crippen molar-refractivity contribution in [3.05, 3.63) is 54.3 Å². The van der Waals surface area contributed by atoms with Crippen LogP contribution in [0.2, 0.25) is 0 Å². The molecule has 0 amide bonds. The minimum Gasteiger partial charge on any atom is -0.424 e. The summed E-state index contributed by atoms with van der Waals surface area (Å²) < 4.78 is 20.8. The molecule has 0 saturated heterocycles. The fourth-order valence-electron chi connectivity index (χ4n) is 1.98. The third kappa shape index (κ3) is 3.04. The second-order valence-corrected chi connectivity index (χ2v) is 6.02. The van der Waals surface area contributed by atoms with Crippen LogP contribution in [-0.4, -0.2) is 19.7 Å². The molecule has 0 spiro atoms. The first-order valence-corrected chi connectivity index (χ1v) is 7.83. The van der Waals surface area contributed by atoms with Gasteiger partial charge in [0.25, 0.3) is 0 Å². The van der Waals surface area contributed by atoms with E-state index in [-0.39, 0.29) is 11.1 Å².